The first kappa shape index (κ1) is 23.3. The Kier molecular flexibility index (Phi) is 9.68. The monoisotopic (exact) mass is 386 g/mol. The highest BCUT2D eigenvalue weighted by Gasteiger charge is 2.40. The molecular weight excluding hydrogens is 352 g/mol. The van der Waals surface area contributed by atoms with E-state index in [1.54, 1.807) is 0 Å². The number of carbonyl (C=O) groups excluding carboxylic acids is 2. The average Bonchev–Trinajstić information content (AvgIpc) is 3.11. The Morgan fingerprint density at radius 1 is 1.22 bits per heavy atom. The van der Waals surface area contributed by atoms with Crippen molar-refractivity contribution in [3.8, 4) is 0 Å². The van der Waals surface area contributed by atoms with Crippen molar-refractivity contribution in [2.75, 3.05) is 13.1 Å². The lowest BCUT2D eigenvalue weighted by Gasteiger charge is -2.32. The summed E-state index contributed by atoms with van der Waals surface area (Å²) in [5.74, 6) is -2.36. The van der Waals surface area contributed by atoms with Crippen molar-refractivity contribution in [1.82, 2.24) is 10.2 Å². The van der Waals surface area contributed by atoms with E-state index in [2.05, 4.69) is 5.32 Å². The molecule has 27 heavy (non-hydrogen) atoms. The van der Waals surface area contributed by atoms with E-state index in [1.807, 2.05) is 13.8 Å². The summed E-state index contributed by atoms with van der Waals surface area (Å²) in [6.07, 6.45) is 2.26. The van der Waals surface area contributed by atoms with Gasteiger partial charge in [-0.05, 0) is 38.1 Å². The molecule has 7 N–H and O–H groups in total. The van der Waals surface area contributed by atoms with Crippen molar-refractivity contribution in [2.24, 2.45) is 17.4 Å². The molecule has 0 aromatic heterocycles. The number of amides is 2. The molecule has 0 aromatic carbocycles. The third-order valence-electron chi connectivity index (χ3n) is 5.02. The molecule has 0 spiro atoms. The Hall–Kier alpha value is -1.71. The zero-order valence-electron chi connectivity index (χ0n) is 16.3. The lowest BCUT2D eigenvalue weighted by Crippen LogP contribution is -2.61. The number of nitrogens with one attached hydrogen (secondary N) is 1. The number of unbranched alkanes of at least 4 members (excludes halogenated alkanes) is 2. The smallest absolute Gasteiger partial charge is 0.326 e. The first-order valence-corrected chi connectivity index (χ1v) is 9.68. The standard InChI is InChI=1S/C18H34N4O5/c1-11(2)14(20)15(17(25)22-10-6-7-12(22)18(26)27)21-16(24)13(23)8-4-3-5-9-19/h11-15,23H,3-10,19-20H2,1-2H3,(H,21,24)(H,26,27)/t12-,13?,14?,15-/m0/s1. The lowest BCUT2D eigenvalue weighted by atomic mass is 9.95. The Bertz CT molecular complexity index is 514. The molecule has 2 amide bonds. The van der Waals surface area contributed by atoms with E-state index in [0.29, 0.717) is 32.4 Å². The van der Waals surface area contributed by atoms with Gasteiger partial charge >= 0.3 is 5.97 Å². The first-order valence-electron chi connectivity index (χ1n) is 9.68. The van der Waals surface area contributed by atoms with Crippen molar-refractivity contribution < 1.29 is 24.6 Å². The second-order valence-corrected chi connectivity index (χ2v) is 7.49. The number of nitrogens with zero attached hydrogens (tertiary/aromatic N) is 1. The zero-order valence-corrected chi connectivity index (χ0v) is 16.3. The van der Waals surface area contributed by atoms with Crippen molar-refractivity contribution >= 4 is 17.8 Å². The number of carbonyl (C=O) groups is 3. The van der Waals surface area contributed by atoms with Crippen LogP contribution in [0.2, 0.25) is 0 Å². The van der Waals surface area contributed by atoms with Crippen LogP contribution in [0.5, 0.6) is 0 Å². The third kappa shape index (κ3) is 6.75. The predicted molar refractivity (Wildman–Crippen MR) is 101 cm³/mol. The minimum absolute atomic E-state index is 0.119. The number of carboxylic acids is 1. The van der Waals surface area contributed by atoms with Crippen LogP contribution in [0.25, 0.3) is 0 Å². The maximum atomic E-state index is 12.9. The van der Waals surface area contributed by atoms with Gasteiger partial charge in [-0.25, -0.2) is 4.79 Å². The largest absolute Gasteiger partial charge is 0.480 e. The molecule has 2 unspecified atom stereocenters. The van der Waals surface area contributed by atoms with Gasteiger partial charge in [0, 0.05) is 12.6 Å². The van der Waals surface area contributed by atoms with Gasteiger partial charge in [0.2, 0.25) is 11.8 Å². The second-order valence-electron chi connectivity index (χ2n) is 7.49. The minimum Gasteiger partial charge on any atom is -0.480 e. The molecule has 0 radical (unpaired) electrons. The van der Waals surface area contributed by atoms with Crippen molar-refractivity contribution in [3.05, 3.63) is 0 Å². The molecule has 4 atom stereocenters. The Morgan fingerprint density at radius 2 is 1.89 bits per heavy atom. The SMILES string of the molecule is CC(C)C(N)[C@H](NC(=O)C(O)CCCCCN)C(=O)N1CCC[C@H]1C(=O)O. The molecule has 1 aliphatic heterocycles. The molecular formula is C18H34N4O5. The summed E-state index contributed by atoms with van der Waals surface area (Å²) in [5.41, 5.74) is 11.6. The summed E-state index contributed by atoms with van der Waals surface area (Å²) in [4.78, 5) is 37.9. The van der Waals surface area contributed by atoms with Crippen LogP contribution in [0, 0.1) is 5.92 Å². The van der Waals surface area contributed by atoms with Gasteiger partial charge < -0.3 is 31.9 Å². The molecule has 1 saturated heterocycles. The number of carboxylic acid groups (broad SMARTS) is 1. The summed E-state index contributed by atoms with van der Waals surface area (Å²) < 4.78 is 0. The summed E-state index contributed by atoms with van der Waals surface area (Å²) in [6.45, 7) is 4.51. The number of hydrogen-bond acceptors (Lipinski definition) is 6. The van der Waals surface area contributed by atoms with E-state index in [9.17, 15) is 24.6 Å². The quantitative estimate of drug-likeness (QED) is 0.297. The summed E-state index contributed by atoms with van der Waals surface area (Å²) >= 11 is 0. The number of aliphatic hydroxyl groups is 1. The maximum absolute atomic E-state index is 12.9. The van der Waals surface area contributed by atoms with Gasteiger partial charge in [-0.1, -0.05) is 26.7 Å². The molecule has 0 aliphatic carbocycles. The molecule has 1 heterocycles. The maximum Gasteiger partial charge on any atom is 0.326 e. The van der Waals surface area contributed by atoms with Gasteiger partial charge in [-0.2, -0.15) is 0 Å². The Balaban J connectivity index is 2.81. The molecule has 0 bridgehead atoms. The molecule has 9 heteroatoms. The minimum atomic E-state index is -1.24. The third-order valence-corrected chi connectivity index (χ3v) is 5.02. The van der Waals surface area contributed by atoms with Crippen molar-refractivity contribution in [1.29, 1.82) is 0 Å². The van der Waals surface area contributed by atoms with Crippen molar-refractivity contribution in [2.45, 2.75) is 76.6 Å². The number of rotatable bonds is 11. The van der Waals surface area contributed by atoms with Crippen LogP contribution in [-0.2, 0) is 14.4 Å². The van der Waals surface area contributed by atoms with Crippen LogP contribution in [0.15, 0.2) is 0 Å². The summed E-state index contributed by atoms with van der Waals surface area (Å²) in [6, 6.07) is -2.67. The molecule has 156 valence electrons. The van der Waals surface area contributed by atoms with E-state index < -0.39 is 42.0 Å². The highest BCUT2D eigenvalue weighted by atomic mass is 16.4. The number of hydrogen-bond donors (Lipinski definition) is 5. The predicted octanol–water partition coefficient (Wildman–Crippen LogP) is -0.590. The molecule has 1 fully saturated rings. The molecule has 0 saturated carbocycles. The molecule has 1 aliphatic rings. The number of aliphatic hydroxyl groups excluding tert-OH is 1. The van der Waals surface area contributed by atoms with Crippen LogP contribution in [0.3, 0.4) is 0 Å². The molecule has 1 rings (SSSR count). The summed E-state index contributed by atoms with van der Waals surface area (Å²) in [5, 5.41) is 21.9. The number of aliphatic carboxylic acids is 1. The van der Waals surface area contributed by atoms with Crippen LogP contribution in [0.4, 0.5) is 0 Å². The lowest BCUT2D eigenvalue weighted by molar-refractivity contribution is -0.150. The van der Waals surface area contributed by atoms with Crippen LogP contribution in [-0.4, -0.2) is 70.2 Å². The topological polar surface area (TPSA) is 159 Å². The van der Waals surface area contributed by atoms with E-state index in [4.69, 9.17) is 11.5 Å². The summed E-state index contributed by atoms with van der Waals surface area (Å²) in [7, 11) is 0. The zero-order chi connectivity index (χ0) is 20.6. The normalized spacial score (nSPS) is 20.4. The highest BCUT2D eigenvalue weighted by Crippen LogP contribution is 2.20. The van der Waals surface area contributed by atoms with Crippen LogP contribution < -0.4 is 16.8 Å². The fourth-order valence-corrected chi connectivity index (χ4v) is 3.21. The van der Waals surface area contributed by atoms with Crippen LogP contribution >= 0.6 is 0 Å². The van der Waals surface area contributed by atoms with Gasteiger partial charge in [0.05, 0.1) is 0 Å². The van der Waals surface area contributed by atoms with Gasteiger partial charge in [0.25, 0.3) is 0 Å². The fourth-order valence-electron chi connectivity index (χ4n) is 3.21. The fraction of sp³-hybridized carbons (Fsp3) is 0.833. The second kappa shape index (κ2) is 11.2. The number of nitrogens with two attached hydrogens (primary N) is 2. The van der Waals surface area contributed by atoms with Gasteiger partial charge in [-0.15, -0.1) is 0 Å². The first-order chi connectivity index (χ1) is 12.7. The number of likely N-dealkylation sites (tertiary alicyclic amines) is 1. The van der Waals surface area contributed by atoms with Gasteiger partial charge in [-0.3, -0.25) is 9.59 Å². The Morgan fingerprint density at radius 3 is 2.44 bits per heavy atom. The average molecular weight is 386 g/mol. The van der Waals surface area contributed by atoms with Gasteiger partial charge in [0.15, 0.2) is 0 Å². The van der Waals surface area contributed by atoms with Crippen molar-refractivity contribution in [3.63, 3.8) is 0 Å². The molecule has 0 aromatic rings. The van der Waals surface area contributed by atoms with E-state index in [1.165, 1.54) is 4.90 Å². The van der Waals surface area contributed by atoms with E-state index >= 15 is 0 Å². The molecule has 9 nitrogen and oxygen atoms in total. The Labute approximate surface area is 160 Å². The van der Waals surface area contributed by atoms with Crippen LogP contribution in [0.1, 0.15) is 52.4 Å². The van der Waals surface area contributed by atoms with Gasteiger partial charge in [0.1, 0.15) is 18.2 Å². The van der Waals surface area contributed by atoms with E-state index in [0.717, 1.165) is 12.8 Å². The van der Waals surface area contributed by atoms with E-state index in [-0.39, 0.29) is 12.3 Å². The highest BCUT2D eigenvalue weighted by molar-refractivity contribution is 5.92.